The quantitative estimate of drug-likeness (QED) is 0.851. The molecule has 142 valence electrons. The number of carbonyl (C=O) groups is 1. The fourth-order valence-corrected chi connectivity index (χ4v) is 5.73. The van der Waals surface area contributed by atoms with Gasteiger partial charge in [-0.3, -0.25) is 9.10 Å². The van der Waals surface area contributed by atoms with Gasteiger partial charge in [0.25, 0.3) is 5.91 Å². The molecular formula is C19H19FN2O3S2. The molecule has 1 N–H and O–H groups in total. The SMILES string of the molecule is CS(=O)(=O)N1CCc2cc(C(=O)N[C@H]3CCSc4c(F)cccc43)ccc21. The van der Waals surface area contributed by atoms with E-state index in [1.165, 1.54) is 28.4 Å². The molecule has 2 aliphatic heterocycles. The van der Waals surface area contributed by atoms with Gasteiger partial charge in [-0.1, -0.05) is 12.1 Å². The second-order valence-corrected chi connectivity index (χ2v) is 9.76. The summed E-state index contributed by atoms with van der Waals surface area (Å²) in [4.78, 5) is 13.3. The van der Waals surface area contributed by atoms with E-state index in [1.807, 2.05) is 6.07 Å². The summed E-state index contributed by atoms with van der Waals surface area (Å²) < 4.78 is 39.0. The Bertz CT molecular complexity index is 1020. The summed E-state index contributed by atoms with van der Waals surface area (Å²) in [5, 5.41) is 3.00. The number of rotatable bonds is 3. The Balaban J connectivity index is 1.57. The van der Waals surface area contributed by atoms with Crippen LogP contribution in [0.5, 0.6) is 0 Å². The lowest BCUT2D eigenvalue weighted by Gasteiger charge is -2.26. The summed E-state index contributed by atoms with van der Waals surface area (Å²) >= 11 is 1.47. The Morgan fingerprint density at radius 1 is 1.30 bits per heavy atom. The van der Waals surface area contributed by atoms with Gasteiger partial charge in [-0.15, -0.1) is 11.8 Å². The minimum Gasteiger partial charge on any atom is -0.345 e. The standard InChI is InChI=1S/C19H19FN2O3S2/c1-27(24,25)22-9-7-12-11-13(5-6-17(12)22)19(23)21-16-8-10-26-18-14(16)3-2-4-15(18)20/h2-6,11,16H,7-10H2,1H3,(H,21,23)/t16-/m0/s1. The molecule has 1 amide bonds. The highest BCUT2D eigenvalue weighted by Crippen LogP contribution is 2.38. The largest absolute Gasteiger partial charge is 0.345 e. The minimum atomic E-state index is -3.31. The molecule has 8 heteroatoms. The number of amides is 1. The molecular weight excluding hydrogens is 387 g/mol. The maximum Gasteiger partial charge on any atom is 0.251 e. The van der Waals surface area contributed by atoms with Crippen molar-refractivity contribution in [3.63, 3.8) is 0 Å². The molecule has 0 aromatic heterocycles. The lowest BCUT2D eigenvalue weighted by Crippen LogP contribution is -2.31. The maximum atomic E-state index is 14.0. The van der Waals surface area contributed by atoms with Gasteiger partial charge in [-0.05, 0) is 48.2 Å². The van der Waals surface area contributed by atoms with Gasteiger partial charge in [0.05, 0.1) is 18.0 Å². The number of nitrogens with one attached hydrogen (secondary N) is 1. The summed E-state index contributed by atoms with van der Waals surface area (Å²) in [5.41, 5.74) is 2.78. The third-order valence-corrected chi connectivity index (χ3v) is 7.27. The highest BCUT2D eigenvalue weighted by atomic mass is 32.2. The van der Waals surface area contributed by atoms with Crippen molar-refractivity contribution >= 4 is 33.4 Å². The van der Waals surface area contributed by atoms with Gasteiger partial charge in [-0.2, -0.15) is 0 Å². The number of halogens is 1. The second kappa shape index (κ2) is 6.83. The smallest absolute Gasteiger partial charge is 0.251 e. The van der Waals surface area contributed by atoms with E-state index in [0.29, 0.717) is 29.1 Å². The van der Waals surface area contributed by atoms with E-state index in [-0.39, 0.29) is 17.8 Å². The lowest BCUT2D eigenvalue weighted by atomic mass is 10.0. The van der Waals surface area contributed by atoms with Gasteiger partial charge in [0.15, 0.2) is 0 Å². The molecule has 0 saturated carbocycles. The Hall–Kier alpha value is -2.06. The van der Waals surface area contributed by atoms with Crippen LogP contribution in [0.15, 0.2) is 41.3 Å². The summed E-state index contributed by atoms with van der Waals surface area (Å²) in [6.45, 7) is 0.395. The fraction of sp³-hybridized carbons (Fsp3) is 0.316. The molecule has 0 unspecified atom stereocenters. The summed E-state index contributed by atoms with van der Waals surface area (Å²) in [5.74, 6) is 0.254. The number of benzene rings is 2. The van der Waals surface area contributed by atoms with Gasteiger partial charge in [-0.25, -0.2) is 12.8 Å². The molecule has 0 aliphatic carbocycles. The molecule has 27 heavy (non-hydrogen) atoms. The van der Waals surface area contributed by atoms with Crippen LogP contribution < -0.4 is 9.62 Å². The Kier molecular flexibility index (Phi) is 4.63. The Morgan fingerprint density at radius 2 is 2.11 bits per heavy atom. The molecule has 0 spiro atoms. The molecule has 0 saturated heterocycles. The van der Waals surface area contributed by atoms with E-state index < -0.39 is 10.0 Å². The molecule has 0 bridgehead atoms. The van der Waals surface area contributed by atoms with E-state index >= 15 is 0 Å². The first-order chi connectivity index (χ1) is 12.8. The normalized spacial score (nSPS) is 18.7. The van der Waals surface area contributed by atoms with Crippen molar-refractivity contribution in [3.8, 4) is 0 Å². The van der Waals surface area contributed by atoms with Crippen molar-refractivity contribution in [3.05, 3.63) is 58.9 Å². The van der Waals surface area contributed by atoms with Gasteiger partial charge >= 0.3 is 0 Å². The molecule has 0 fully saturated rings. The van der Waals surface area contributed by atoms with Crippen molar-refractivity contribution < 1.29 is 17.6 Å². The monoisotopic (exact) mass is 406 g/mol. The molecule has 0 radical (unpaired) electrons. The van der Waals surface area contributed by atoms with Crippen LogP contribution in [0.4, 0.5) is 10.1 Å². The summed E-state index contributed by atoms with van der Waals surface area (Å²) in [6, 6.07) is 9.79. The first kappa shape index (κ1) is 18.3. The lowest BCUT2D eigenvalue weighted by molar-refractivity contribution is 0.0934. The predicted molar refractivity (Wildman–Crippen MR) is 104 cm³/mol. The third kappa shape index (κ3) is 3.43. The van der Waals surface area contributed by atoms with Crippen molar-refractivity contribution in [1.29, 1.82) is 0 Å². The molecule has 5 nitrogen and oxygen atoms in total. The number of hydrogen-bond acceptors (Lipinski definition) is 4. The minimum absolute atomic E-state index is 0.231. The van der Waals surface area contributed by atoms with Crippen LogP contribution in [0.1, 0.15) is 33.9 Å². The van der Waals surface area contributed by atoms with Crippen molar-refractivity contribution in [2.75, 3.05) is 22.9 Å². The zero-order chi connectivity index (χ0) is 19.2. The highest BCUT2D eigenvalue weighted by molar-refractivity contribution is 7.99. The van der Waals surface area contributed by atoms with Gasteiger partial charge in [0.1, 0.15) is 5.82 Å². The van der Waals surface area contributed by atoms with E-state index in [2.05, 4.69) is 5.32 Å². The second-order valence-electron chi connectivity index (χ2n) is 6.75. The average Bonchev–Trinajstić information content (AvgIpc) is 3.06. The molecule has 1 atom stereocenters. The first-order valence-electron chi connectivity index (χ1n) is 8.67. The zero-order valence-electron chi connectivity index (χ0n) is 14.7. The third-order valence-electron chi connectivity index (χ3n) is 4.93. The van der Waals surface area contributed by atoms with Crippen LogP contribution >= 0.6 is 11.8 Å². The topological polar surface area (TPSA) is 66.5 Å². The Morgan fingerprint density at radius 3 is 2.89 bits per heavy atom. The number of thioether (sulfide) groups is 1. The van der Waals surface area contributed by atoms with Gasteiger partial charge < -0.3 is 5.32 Å². The van der Waals surface area contributed by atoms with Gasteiger partial charge in [0, 0.05) is 22.8 Å². The number of hydrogen-bond donors (Lipinski definition) is 1. The summed E-state index contributed by atoms with van der Waals surface area (Å²) in [6.07, 6.45) is 2.50. The van der Waals surface area contributed by atoms with Crippen molar-refractivity contribution in [1.82, 2.24) is 5.32 Å². The van der Waals surface area contributed by atoms with Crippen LogP contribution in [-0.4, -0.2) is 32.9 Å². The van der Waals surface area contributed by atoms with Crippen LogP contribution in [0, 0.1) is 5.82 Å². The van der Waals surface area contributed by atoms with Crippen molar-refractivity contribution in [2.45, 2.75) is 23.8 Å². The van der Waals surface area contributed by atoms with E-state index in [0.717, 1.165) is 23.3 Å². The molecule has 2 heterocycles. The van der Waals surface area contributed by atoms with E-state index in [1.54, 1.807) is 24.3 Å². The fourth-order valence-electron chi connectivity index (χ4n) is 3.64. The number of anilines is 1. The van der Waals surface area contributed by atoms with Crippen LogP contribution in [0.2, 0.25) is 0 Å². The number of carbonyl (C=O) groups excluding carboxylic acids is 1. The number of fused-ring (bicyclic) bond motifs is 2. The molecule has 2 aromatic carbocycles. The van der Waals surface area contributed by atoms with Crippen molar-refractivity contribution in [2.24, 2.45) is 0 Å². The average molecular weight is 407 g/mol. The predicted octanol–water partition coefficient (Wildman–Crippen LogP) is 3.11. The van der Waals surface area contributed by atoms with E-state index in [4.69, 9.17) is 0 Å². The van der Waals surface area contributed by atoms with Crippen LogP contribution in [-0.2, 0) is 16.4 Å². The van der Waals surface area contributed by atoms with Crippen LogP contribution in [0.25, 0.3) is 0 Å². The Labute approximate surface area is 162 Å². The zero-order valence-corrected chi connectivity index (χ0v) is 16.4. The molecule has 2 aromatic rings. The van der Waals surface area contributed by atoms with Crippen LogP contribution in [0.3, 0.4) is 0 Å². The maximum absolute atomic E-state index is 14.0. The van der Waals surface area contributed by atoms with E-state index in [9.17, 15) is 17.6 Å². The first-order valence-corrected chi connectivity index (χ1v) is 11.5. The number of sulfonamides is 1. The summed E-state index contributed by atoms with van der Waals surface area (Å²) in [7, 11) is -3.31. The molecule has 4 rings (SSSR count). The highest BCUT2D eigenvalue weighted by Gasteiger charge is 2.28. The molecule has 2 aliphatic rings. The van der Waals surface area contributed by atoms with Gasteiger partial charge in [0.2, 0.25) is 10.0 Å². The number of nitrogens with zero attached hydrogens (tertiary/aromatic N) is 1.